The maximum absolute atomic E-state index is 13.5. The number of esters is 1. The molecule has 1 aromatic rings. The molecule has 0 saturated carbocycles. The zero-order valence-electron chi connectivity index (χ0n) is 22.3. The third kappa shape index (κ3) is 7.93. The molecule has 2 fully saturated rings. The molecule has 2 aliphatic heterocycles. The number of fused-ring (bicyclic) bond motifs is 1. The molecule has 2 heterocycles. The third-order valence-corrected chi connectivity index (χ3v) is 7.79. The molecule has 220 valence electrons. The van der Waals surface area contributed by atoms with Crippen molar-refractivity contribution in [3.05, 3.63) is 33.8 Å². The summed E-state index contributed by atoms with van der Waals surface area (Å²) >= 11 is 12.1. The Balaban J connectivity index is 1.77. The number of hydrazine groups is 1. The lowest BCUT2D eigenvalue weighted by molar-refractivity contribution is -0.176. The first kappa shape index (κ1) is 31.8. The van der Waals surface area contributed by atoms with E-state index in [4.69, 9.17) is 27.9 Å². The predicted octanol–water partition coefficient (Wildman–Crippen LogP) is 1.70. The van der Waals surface area contributed by atoms with Crippen LogP contribution in [-0.2, 0) is 33.9 Å². The van der Waals surface area contributed by atoms with Gasteiger partial charge in [0, 0.05) is 13.0 Å². The van der Waals surface area contributed by atoms with E-state index in [0.29, 0.717) is 6.42 Å². The van der Waals surface area contributed by atoms with Crippen LogP contribution in [0.15, 0.2) is 18.2 Å². The number of carbonyl (C=O) groups excluding carboxylic acids is 5. The summed E-state index contributed by atoms with van der Waals surface area (Å²) in [6.45, 7) is 3.19. The average Bonchev–Trinajstić information content (AvgIpc) is 2.97. The highest BCUT2D eigenvalue weighted by atomic mass is 35.5. The molecule has 3 amide bonds. The minimum Gasteiger partial charge on any atom is -0.454 e. The van der Waals surface area contributed by atoms with E-state index in [1.165, 1.54) is 17.1 Å². The molecular weight excluding hydrogens is 587 g/mol. The number of hydrogen-bond donors (Lipinski definition) is 2. The molecule has 2 saturated heterocycles. The van der Waals surface area contributed by atoms with Crippen molar-refractivity contribution in [2.45, 2.75) is 64.1 Å². The number of hydrogen-bond acceptors (Lipinski definition) is 8. The Morgan fingerprint density at radius 2 is 1.77 bits per heavy atom. The normalized spacial score (nSPS) is 20.6. The molecule has 1 aromatic carbocycles. The van der Waals surface area contributed by atoms with E-state index in [9.17, 15) is 32.4 Å². The molecule has 2 N–H and O–H groups in total. The highest BCUT2D eigenvalue weighted by Crippen LogP contribution is 2.26. The van der Waals surface area contributed by atoms with Crippen molar-refractivity contribution in [3.63, 3.8) is 0 Å². The summed E-state index contributed by atoms with van der Waals surface area (Å²) in [5, 5.41) is 4.95. The van der Waals surface area contributed by atoms with E-state index >= 15 is 0 Å². The van der Waals surface area contributed by atoms with E-state index in [1.54, 1.807) is 6.07 Å². The number of carbonyl (C=O) groups is 5. The Morgan fingerprint density at radius 3 is 2.38 bits per heavy atom. The SMILES string of the molecule is CC(C)C[C@H](NC(=O)[C@@H]1CCCN2C(=O)CCC(NS(C)(=O)=O)C(=O)N12)C(=O)COC(=O)c1c(Cl)cccc1Cl. The molecule has 3 atom stereocenters. The second kappa shape index (κ2) is 13.3. The van der Waals surface area contributed by atoms with Gasteiger partial charge in [-0.15, -0.1) is 0 Å². The highest BCUT2D eigenvalue weighted by molar-refractivity contribution is 7.88. The van der Waals surface area contributed by atoms with Gasteiger partial charge in [-0.3, -0.25) is 24.2 Å². The number of ether oxygens (including phenoxy) is 1. The minimum absolute atomic E-state index is 0.0458. The number of ketones is 1. The summed E-state index contributed by atoms with van der Waals surface area (Å²) in [6.07, 6.45) is 1.57. The van der Waals surface area contributed by atoms with Crippen molar-refractivity contribution >= 4 is 62.7 Å². The van der Waals surface area contributed by atoms with E-state index < -0.39 is 64.2 Å². The largest absolute Gasteiger partial charge is 0.454 e. The van der Waals surface area contributed by atoms with Crippen LogP contribution in [0.1, 0.15) is 56.3 Å². The van der Waals surface area contributed by atoms with Gasteiger partial charge in [0.25, 0.3) is 5.91 Å². The van der Waals surface area contributed by atoms with Gasteiger partial charge in [0.2, 0.25) is 21.8 Å². The van der Waals surface area contributed by atoms with Crippen LogP contribution in [0.2, 0.25) is 10.0 Å². The standard InChI is InChI=1S/C25H32Cl2N4O8S/c1-14(2)12-18(20(32)13-39-25(36)22-15(26)6-4-7-16(22)27)28-23(34)19-8-5-11-30-21(33)10-9-17(24(35)31(19)30)29-40(3,37)38/h4,6-7,14,17-19,29H,5,8-13H2,1-3H3,(H,28,34)/t17?,18-,19-/m0/s1. The van der Waals surface area contributed by atoms with Crippen molar-refractivity contribution in [2.24, 2.45) is 5.92 Å². The summed E-state index contributed by atoms with van der Waals surface area (Å²) in [5.41, 5.74) is -0.0908. The monoisotopic (exact) mass is 618 g/mol. The molecular formula is C25H32Cl2N4O8S. The number of nitrogens with zero attached hydrogens (tertiary/aromatic N) is 2. The van der Waals surface area contributed by atoms with Crippen molar-refractivity contribution in [2.75, 3.05) is 19.4 Å². The van der Waals surface area contributed by atoms with Crippen LogP contribution in [0.5, 0.6) is 0 Å². The van der Waals surface area contributed by atoms with Gasteiger partial charge in [-0.2, -0.15) is 0 Å². The van der Waals surface area contributed by atoms with Crippen LogP contribution in [-0.4, -0.2) is 85.4 Å². The molecule has 0 spiro atoms. The molecule has 15 heteroatoms. The van der Waals surface area contributed by atoms with Gasteiger partial charge in [-0.1, -0.05) is 43.1 Å². The second-order valence-corrected chi connectivity index (χ2v) is 12.8. The molecule has 1 unspecified atom stereocenters. The Morgan fingerprint density at radius 1 is 1.12 bits per heavy atom. The smallest absolute Gasteiger partial charge is 0.341 e. The van der Waals surface area contributed by atoms with Crippen molar-refractivity contribution in [1.29, 1.82) is 0 Å². The fourth-order valence-electron chi connectivity index (χ4n) is 4.65. The molecule has 0 bridgehead atoms. The lowest BCUT2D eigenvalue weighted by Gasteiger charge is -2.43. The first-order chi connectivity index (χ1) is 18.7. The second-order valence-electron chi connectivity index (χ2n) is 10.2. The molecule has 12 nitrogen and oxygen atoms in total. The summed E-state index contributed by atoms with van der Waals surface area (Å²) in [6, 6.07) is 1.01. The lowest BCUT2D eigenvalue weighted by Crippen LogP contribution is -2.64. The maximum atomic E-state index is 13.5. The number of rotatable bonds is 10. The van der Waals surface area contributed by atoms with Gasteiger partial charge in [0.15, 0.2) is 12.4 Å². The van der Waals surface area contributed by atoms with Gasteiger partial charge in [0.1, 0.15) is 12.1 Å². The van der Waals surface area contributed by atoms with Gasteiger partial charge in [-0.25, -0.2) is 22.9 Å². The maximum Gasteiger partial charge on any atom is 0.341 e. The number of amides is 3. The van der Waals surface area contributed by atoms with Crippen molar-refractivity contribution in [1.82, 2.24) is 20.1 Å². The van der Waals surface area contributed by atoms with E-state index in [0.717, 1.165) is 11.3 Å². The Bertz CT molecular complexity index is 1270. The molecule has 3 rings (SSSR count). The van der Waals surface area contributed by atoms with Crippen LogP contribution < -0.4 is 10.0 Å². The quantitative estimate of drug-likeness (QED) is 0.375. The fourth-order valence-corrected chi connectivity index (χ4v) is 5.94. The third-order valence-electron chi connectivity index (χ3n) is 6.45. The summed E-state index contributed by atoms with van der Waals surface area (Å²) in [5.74, 6) is -3.38. The van der Waals surface area contributed by atoms with Crippen LogP contribution in [0.25, 0.3) is 0 Å². The van der Waals surface area contributed by atoms with Crippen molar-refractivity contribution < 1.29 is 37.1 Å². The number of nitrogens with one attached hydrogen (secondary N) is 2. The van der Waals surface area contributed by atoms with Gasteiger partial charge < -0.3 is 10.1 Å². The predicted molar refractivity (Wildman–Crippen MR) is 146 cm³/mol. The molecule has 0 aromatic heterocycles. The number of benzene rings is 1. The van der Waals surface area contributed by atoms with Crippen LogP contribution in [0.4, 0.5) is 0 Å². The van der Waals surface area contributed by atoms with Crippen molar-refractivity contribution in [3.8, 4) is 0 Å². The average molecular weight is 620 g/mol. The zero-order valence-corrected chi connectivity index (χ0v) is 24.6. The fraction of sp³-hybridized carbons (Fsp3) is 0.560. The van der Waals surface area contributed by atoms with Crippen LogP contribution >= 0.6 is 23.2 Å². The van der Waals surface area contributed by atoms with Crippen LogP contribution in [0, 0.1) is 5.92 Å². The number of sulfonamides is 1. The summed E-state index contributed by atoms with van der Waals surface area (Å²) < 4.78 is 31.0. The summed E-state index contributed by atoms with van der Waals surface area (Å²) in [7, 11) is -3.78. The first-order valence-corrected chi connectivity index (χ1v) is 15.4. The molecule has 2 aliphatic rings. The Kier molecular flexibility index (Phi) is 10.6. The molecule has 0 radical (unpaired) electrons. The Hall–Kier alpha value is -2.74. The van der Waals surface area contributed by atoms with Gasteiger partial charge in [0.05, 0.1) is 27.9 Å². The van der Waals surface area contributed by atoms with E-state index in [1.807, 2.05) is 13.8 Å². The molecule has 40 heavy (non-hydrogen) atoms. The molecule has 0 aliphatic carbocycles. The van der Waals surface area contributed by atoms with Crippen LogP contribution in [0.3, 0.4) is 0 Å². The number of halogens is 2. The zero-order chi connectivity index (χ0) is 29.8. The lowest BCUT2D eigenvalue weighted by atomic mass is 9.99. The van der Waals surface area contributed by atoms with E-state index in [-0.39, 0.29) is 53.8 Å². The highest BCUT2D eigenvalue weighted by Gasteiger charge is 2.45. The number of Topliss-reactive ketones (excluding diaryl/α,β-unsaturated/α-hetero) is 1. The first-order valence-electron chi connectivity index (χ1n) is 12.7. The Labute approximate surface area is 242 Å². The van der Waals surface area contributed by atoms with E-state index in [2.05, 4.69) is 10.0 Å². The minimum atomic E-state index is -3.78. The van der Waals surface area contributed by atoms with Gasteiger partial charge >= 0.3 is 5.97 Å². The summed E-state index contributed by atoms with van der Waals surface area (Å²) in [4.78, 5) is 65.2. The van der Waals surface area contributed by atoms with Gasteiger partial charge in [-0.05, 0) is 43.7 Å². The topological polar surface area (TPSA) is 159 Å².